The Bertz CT molecular complexity index is 542. The monoisotopic (exact) mass is 367 g/mol. The first-order valence-electron chi connectivity index (χ1n) is 7.69. The van der Waals surface area contributed by atoms with Gasteiger partial charge in [-0.3, -0.25) is 9.08 Å². The lowest BCUT2D eigenvalue weighted by Crippen LogP contribution is -2.48. The van der Waals surface area contributed by atoms with Crippen LogP contribution < -0.4 is 0 Å². The van der Waals surface area contributed by atoms with Crippen molar-refractivity contribution in [3.63, 3.8) is 0 Å². The Balaban J connectivity index is 2.91. The van der Waals surface area contributed by atoms with Crippen molar-refractivity contribution in [2.75, 3.05) is 12.9 Å². The van der Waals surface area contributed by atoms with E-state index in [2.05, 4.69) is 33.9 Å². The number of carboxylic acid groups (broad SMARTS) is 1. The number of hydrogen-bond donors (Lipinski definition) is 1. The van der Waals surface area contributed by atoms with Crippen molar-refractivity contribution in [1.29, 1.82) is 0 Å². The van der Waals surface area contributed by atoms with E-state index in [1.165, 1.54) is 4.90 Å². The molecule has 0 unspecified atom stereocenters. The second kappa shape index (κ2) is 6.70. The van der Waals surface area contributed by atoms with Crippen LogP contribution in [0.3, 0.4) is 0 Å². The molecular formula is C14H29NO6SSi. The highest BCUT2D eigenvalue weighted by Gasteiger charge is 2.47. The van der Waals surface area contributed by atoms with Gasteiger partial charge in [-0.15, -0.1) is 0 Å². The summed E-state index contributed by atoms with van der Waals surface area (Å²) in [5.41, 5.74) is 0. The highest BCUT2D eigenvalue weighted by Crippen LogP contribution is 2.40. The van der Waals surface area contributed by atoms with Gasteiger partial charge < -0.3 is 9.53 Å². The topological polar surface area (TPSA) is 93.1 Å². The molecule has 1 fully saturated rings. The Labute approximate surface area is 140 Å². The molecule has 1 amide bonds. The predicted molar refractivity (Wildman–Crippen MR) is 90.6 cm³/mol. The maximum absolute atomic E-state index is 11.5. The molecule has 0 aromatic carbocycles. The number of carbonyl (C=O) groups is 1. The molecule has 0 bridgehead atoms. The fourth-order valence-corrected chi connectivity index (χ4v) is 4.28. The SMILES string of the molecule is C[C@@H]1[C@H](O[Si](C)(C)C(C)(C)C)C[C@@H](COS(C)(=O)=O)N1C(=O)O. The Kier molecular flexibility index (Phi) is 5.94. The lowest BCUT2D eigenvalue weighted by Gasteiger charge is -2.39. The standard InChI is InChI=1S/C14H29NO6SSi/c1-10-12(21-23(6,7)14(2,3)4)8-11(15(10)13(16)17)9-20-22(5,18)19/h10-12H,8-9H2,1-7H3,(H,16,17)/t10-,11+,12-/m1/s1. The molecule has 1 N–H and O–H groups in total. The number of nitrogens with zero attached hydrogens (tertiary/aromatic N) is 1. The van der Waals surface area contributed by atoms with Crippen LogP contribution in [0.2, 0.25) is 18.1 Å². The van der Waals surface area contributed by atoms with E-state index in [1.807, 2.05) is 0 Å². The Morgan fingerprint density at radius 1 is 1.35 bits per heavy atom. The minimum absolute atomic E-state index is 0.0160. The zero-order valence-corrected chi connectivity index (χ0v) is 16.8. The van der Waals surface area contributed by atoms with Crippen LogP contribution in [0.1, 0.15) is 34.1 Å². The van der Waals surface area contributed by atoms with Crippen LogP contribution in [0.15, 0.2) is 0 Å². The van der Waals surface area contributed by atoms with Gasteiger partial charge in [0.05, 0.1) is 31.1 Å². The van der Waals surface area contributed by atoms with Crippen LogP contribution >= 0.6 is 0 Å². The number of rotatable bonds is 5. The van der Waals surface area contributed by atoms with Crippen molar-refractivity contribution in [2.24, 2.45) is 0 Å². The molecule has 0 spiro atoms. The average molecular weight is 368 g/mol. The molecule has 0 radical (unpaired) electrons. The summed E-state index contributed by atoms with van der Waals surface area (Å²) in [5, 5.41) is 9.45. The largest absolute Gasteiger partial charge is 0.465 e. The van der Waals surface area contributed by atoms with Crippen LogP contribution in [-0.4, -0.2) is 63.9 Å². The number of hydrogen-bond acceptors (Lipinski definition) is 5. The molecule has 23 heavy (non-hydrogen) atoms. The number of amides is 1. The molecule has 0 aromatic rings. The molecule has 0 saturated carbocycles. The summed E-state index contributed by atoms with van der Waals surface area (Å²) in [6.45, 7) is 12.2. The molecule has 0 aliphatic carbocycles. The quantitative estimate of drug-likeness (QED) is 0.593. The summed E-state index contributed by atoms with van der Waals surface area (Å²) in [4.78, 5) is 12.8. The molecule has 1 heterocycles. The van der Waals surface area contributed by atoms with E-state index in [4.69, 9.17) is 8.61 Å². The normalized spacial score (nSPS) is 26.6. The number of likely N-dealkylation sites (tertiary alicyclic amines) is 1. The first kappa shape index (κ1) is 20.4. The van der Waals surface area contributed by atoms with E-state index in [1.54, 1.807) is 6.92 Å². The van der Waals surface area contributed by atoms with Gasteiger partial charge in [0, 0.05) is 0 Å². The van der Waals surface area contributed by atoms with E-state index in [0.717, 1.165) is 6.26 Å². The maximum Gasteiger partial charge on any atom is 0.407 e. The summed E-state index contributed by atoms with van der Waals surface area (Å²) in [7, 11) is -5.65. The van der Waals surface area contributed by atoms with Crippen molar-refractivity contribution >= 4 is 24.5 Å². The average Bonchev–Trinajstić information content (AvgIpc) is 2.60. The third kappa shape index (κ3) is 5.17. The van der Waals surface area contributed by atoms with Gasteiger partial charge in [-0.25, -0.2) is 4.79 Å². The van der Waals surface area contributed by atoms with E-state index in [9.17, 15) is 18.3 Å². The molecule has 1 rings (SSSR count). The zero-order valence-electron chi connectivity index (χ0n) is 15.0. The lowest BCUT2D eigenvalue weighted by molar-refractivity contribution is 0.0947. The van der Waals surface area contributed by atoms with Gasteiger partial charge in [-0.05, 0) is 31.5 Å². The molecule has 1 saturated heterocycles. The molecule has 9 heteroatoms. The van der Waals surface area contributed by atoms with Crippen LogP contribution in [-0.2, 0) is 18.7 Å². The van der Waals surface area contributed by atoms with Gasteiger partial charge in [-0.1, -0.05) is 20.8 Å². The molecule has 1 aliphatic rings. The van der Waals surface area contributed by atoms with E-state index in [-0.39, 0.29) is 23.8 Å². The molecular weight excluding hydrogens is 338 g/mol. The molecule has 0 aromatic heterocycles. The maximum atomic E-state index is 11.5. The third-order valence-corrected chi connectivity index (χ3v) is 9.89. The van der Waals surface area contributed by atoms with Crippen molar-refractivity contribution in [1.82, 2.24) is 4.90 Å². The van der Waals surface area contributed by atoms with Gasteiger partial charge in [-0.2, -0.15) is 8.42 Å². The summed E-state index contributed by atoms with van der Waals surface area (Å²) >= 11 is 0. The van der Waals surface area contributed by atoms with E-state index >= 15 is 0 Å². The zero-order chi connectivity index (χ0) is 18.2. The smallest absolute Gasteiger partial charge is 0.407 e. The lowest BCUT2D eigenvalue weighted by atomic mass is 10.2. The van der Waals surface area contributed by atoms with Gasteiger partial charge >= 0.3 is 6.09 Å². The van der Waals surface area contributed by atoms with Crippen LogP contribution in [0, 0.1) is 0 Å². The molecule has 136 valence electrons. The minimum atomic E-state index is -3.61. The van der Waals surface area contributed by atoms with E-state index in [0.29, 0.717) is 6.42 Å². The van der Waals surface area contributed by atoms with Crippen LogP contribution in [0.25, 0.3) is 0 Å². The van der Waals surface area contributed by atoms with Crippen LogP contribution in [0.4, 0.5) is 4.79 Å². The Hall–Kier alpha value is -0.643. The van der Waals surface area contributed by atoms with Crippen molar-refractivity contribution in [3.8, 4) is 0 Å². The second-order valence-corrected chi connectivity index (χ2v) is 14.1. The summed E-state index contributed by atoms with van der Waals surface area (Å²) in [6.07, 6.45) is 0.0661. The Morgan fingerprint density at radius 2 is 1.87 bits per heavy atom. The van der Waals surface area contributed by atoms with Crippen LogP contribution in [0.5, 0.6) is 0 Å². The van der Waals surface area contributed by atoms with Crippen molar-refractivity contribution < 1.29 is 26.9 Å². The fraction of sp³-hybridized carbons (Fsp3) is 0.929. The minimum Gasteiger partial charge on any atom is -0.465 e. The van der Waals surface area contributed by atoms with Crippen molar-refractivity contribution in [2.45, 2.75) is 70.4 Å². The summed E-state index contributed by atoms with van der Waals surface area (Å²) < 4.78 is 33.5. The first-order valence-corrected chi connectivity index (χ1v) is 12.4. The van der Waals surface area contributed by atoms with Crippen molar-refractivity contribution in [3.05, 3.63) is 0 Å². The third-order valence-electron chi connectivity index (χ3n) is 4.82. The fourth-order valence-electron chi connectivity index (χ4n) is 2.47. The van der Waals surface area contributed by atoms with Gasteiger partial charge in [0.15, 0.2) is 8.32 Å². The summed E-state index contributed by atoms with van der Waals surface area (Å²) in [5.74, 6) is 0. The van der Waals surface area contributed by atoms with Gasteiger partial charge in [0.1, 0.15) is 0 Å². The van der Waals surface area contributed by atoms with E-state index < -0.39 is 30.6 Å². The summed E-state index contributed by atoms with van der Waals surface area (Å²) in [6, 6.07) is -0.859. The molecule has 1 aliphatic heterocycles. The highest BCUT2D eigenvalue weighted by molar-refractivity contribution is 7.85. The first-order chi connectivity index (χ1) is 10.2. The molecule has 7 nitrogen and oxygen atoms in total. The van der Waals surface area contributed by atoms with Gasteiger partial charge in [0.25, 0.3) is 10.1 Å². The molecule has 3 atom stereocenters. The Morgan fingerprint density at radius 3 is 2.26 bits per heavy atom. The predicted octanol–water partition coefficient (Wildman–Crippen LogP) is 2.49. The van der Waals surface area contributed by atoms with Gasteiger partial charge in [0.2, 0.25) is 0 Å². The highest BCUT2D eigenvalue weighted by atomic mass is 32.2. The second-order valence-electron chi connectivity index (χ2n) is 7.73.